The van der Waals surface area contributed by atoms with E-state index in [9.17, 15) is 9.59 Å². The number of carbonyl (C=O) groups excluding carboxylic acids is 1. The first-order chi connectivity index (χ1) is 17.5. The van der Waals surface area contributed by atoms with E-state index in [1.807, 2.05) is 67.6 Å². The number of nitrogens with zero attached hydrogens (tertiary/aromatic N) is 1. The first-order valence-electron chi connectivity index (χ1n) is 11.5. The molecule has 0 unspecified atom stereocenters. The Morgan fingerprint density at radius 3 is 2.47 bits per heavy atom. The number of rotatable bonds is 4. The molecule has 0 aliphatic rings. The van der Waals surface area contributed by atoms with Crippen molar-refractivity contribution in [1.29, 1.82) is 0 Å². The Balaban J connectivity index is 1.23. The Hall–Kier alpha value is -4.97. The normalized spacial score (nSPS) is 11.1. The maximum atomic E-state index is 12.9. The smallest absolute Gasteiger partial charge is 0.344 e. The monoisotopic (exact) mass is 472 g/mol. The molecule has 1 amide bonds. The molecule has 0 radical (unpaired) electrons. The Labute approximate surface area is 205 Å². The zero-order valence-electron chi connectivity index (χ0n) is 19.3. The molecule has 2 heterocycles. The molecule has 0 saturated heterocycles. The average molecular weight is 473 g/mol. The average Bonchev–Trinajstić information content (AvgIpc) is 3.32. The molecule has 36 heavy (non-hydrogen) atoms. The van der Waals surface area contributed by atoms with Gasteiger partial charge < -0.3 is 14.2 Å². The summed E-state index contributed by atoms with van der Waals surface area (Å²) >= 11 is 0. The molecular formula is C30H20N2O4. The molecule has 0 fully saturated rings. The molecule has 0 bridgehead atoms. The summed E-state index contributed by atoms with van der Waals surface area (Å²) in [5.74, 6) is 0.225. The van der Waals surface area contributed by atoms with Crippen LogP contribution in [0.15, 0.2) is 111 Å². The summed E-state index contributed by atoms with van der Waals surface area (Å²) in [4.78, 5) is 29.9. The van der Waals surface area contributed by atoms with Crippen LogP contribution in [0.25, 0.3) is 44.7 Å². The minimum atomic E-state index is -0.419. The van der Waals surface area contributed by atoms with Crippen molar-refractivity contribution in [1.82, 2.24) is 4.98 Å². The third kappa shape index (κ3) is 4.05. The van der Waals surface area contributed by atoms with Gasteiger partial charge in [-0.15, -0.1) is 0 Å². The highest BCUT2D eigenvalue weighted by molar-refractivity contribution is 6.04. The van der Waals surface area contributed by atoms with Gasteiger partial charge in [-0.3, -0.25) is 4.79 Å². The molecule has 4 aromatic carbocycles. The van der Waals surface area contributed by atoms with Crippen LogP contribution >= 0.6 is 0 Å². The predicted octanol–water partition coefficient (Wildman–Crippen LogP) is 6.83. The minimum absolute atomic E-state index is 0.266. The third-order valence-electron chi connectivity index (χ3n) is 6.01. The molecule has 6 rings (SSSR count). The van der Waals surface area contributed by atoms with Crippen molar-refractivity contribution in [2.45, 2.75) is 6.92 Å². The third-order valence-corrected chi connectivity index (χ3v) is 6.01. The fraction of sp³-hybridized carbons (Fsp3) is 0.0333. The summed E-state index contributed by atoms with van der Waals surface area (Å²) in [6.07, 6.45) is 0. The van der Waals surface area contributed by atoms with E-state index in [2.05, 4.69) is 10.3 Å². The maximum absolute atomic E-state index is 12.9. The van der Waals surface area contributed by atoms with Gasteiger partial charge >= 0.3 is 5.63 Å². The number of carbonyl (C=O) groups is 1. The lowest BCUT2D eigenvalue weighted by Crippen LogP contribution is -2.12. The molecule has 0 saturated carbocycles. The first kappa shape index (κ1) is 21.6. The van der Waals surface area contributed by atoms with E-state index in [1.54, 1.807) is 36.4 Å². The summed E-state index contributed by atoms with van der Waals surface area (Å²) in [5.41, 5.74) is 5.70. The van der Waals surface area contributed by atoms with E-state index in [4.69, 9.17) is 8.83 Å². The number of anilines is 1. The summed E-state index contributed by atoms with van der Waals surface area (Å²) < 4.78 is 11.3. The summed E-state index contributed by atoms with van der Waals surface area (Å²) in [7, 11) is 0. The van der Waals surface area contributed by atoms with Crippen LogP contribution in [0.2, 0.25) is 0 Å². The lowest BCUT2D eigenvalue weighted by molar-refractivity contribution is 0.102. The van der Waals surface area contributed by atoms with E-state index in [0.717, 1.165) is 27.6 Å². The first-order valence-corrected chi connectivity index (χ1v) is 11.5. The number of benzene rings is 4. The number of oxazole rings is 1. The van der Waals surface area contributed by atoms with Crippen LogP contribution in [0.3, 0.4) is 0 Å². The maximum Gasteiger partial charge on any atom is 0.344 e. The standard InChI is InChI=1S/C30H20N2O4/c1-18-9-14-25-27(15-18)35-29(32-25)22-6-4-7-23(16-22)31-28(33)20-12-10-19(11-13-20)24-17-21-5-2-3-8-26(21)36-30(24)34/h2-17H,1H3,(H,31,33). The Kier molecular flexibility index (Phi) is 5.19. The summed E-state index contributed by atoms with van der Waals surface area (Å²) in [6.45, 7) is 2.00. The number of aromatic nitrogens is 1. The van der Waals surface area contributed by atoms with Crippen LogP contribution in [0.5, 0.6) is 0 Å². The van der Waals surface area contributed by atoms with Gasteiger partial charge in [0, 0.05) is 22.2 Å². The second-order valence-corrected chi connectivity index (χ2v) is 8.59. The van der Waals surface area contributed by atoms with Crippen molar-refractivity contribution in [2.75, 3.05) is 5.32 Å². The number of hydrogen-bond donors (Lipinski definition) is 1. The van der Waals surface area contributed by atoms with Crippen molar-refractivity contribution >= 4 is 33.7 Å². The van der Waals surface area contributed by atoms with Crippen molar-refractivity contribution in [2.24, 2.45) is 0 Å². The Morgan fingerprint density at radius 1 is 0.778 bits per heavy atom. The number of nitrogens with one attached hydrogen (secondary N) is 1. The molecule has 6 aromatic rings. The van der Waals surface area contributed by atoms with Crippen LogP contribution in [0, 0.1) is 6.92 Å². The molecule has 0 spiro atoms. The van der Waals surface area contributed by atoms with Gasteiger partial charge in [0.2, 0.25) is 5.89 Å². The lowest BCUT2D eigenvalue weighted by atomic mass is 10.0. The Bertz CT molecular complexity index is 1810. The SMILES string of the molecule is Cc1ccc2nc(-c3cccc(NC(=O)c4ccc(-c5cc6ccccc6oc5=O)cc4)c3)oc2c1. The Morgan fingerprint density at radius 2 is 1.61 bits per heavy atom. The van der Waals surface area contributed by atoms with E-state index in [1.165, 1.54) is 0 Å². The van der Waals surface area contributed by atoms with Gasteiger partial charge in [0.1, 0.15) is 11.1 Å². The highest BCUT2D eigenvalue weighted by atomic mass is 16.4. The van der Waals surface area contributed by atoms with Gasteiger partial charge in [0.25, 0.3) is 5.91 Å². The summed E-state index contributed by atoms with van der Waals surface area (Å²) in [6, 6.07) is 29.2. The van der Waals surface area contributed by atoms with E-state index in [-0.39, 0.29) is 5.91 Å². The number of aryl methyl sites for hydroxylation is 1. The number of fused-ring (bicyclic) bond motifs is 2. The molecule has 1 N–H and O–H groups in total. The van der Waals surface area contributed by atoms with Gasteiger partial charge in [-0.05, 0) is 72.6 Å². The molecular weight excluding hydrogens is 452 g/mol. The zero-order chi connectivity index (χ0) is 24.6. The van der Waals surface area contributed by atoms with Crippen molar-refractivity contribution < 1.29 is 13.6 Å². The highest BCUT2D eigenvalue weighted by Gasteiger charge is 2.12. The number of amides is 1. The van der Waals surface area contributed by atoms with E-state index >= 15 is 0 Å². The van der Waals surface area contributed by atoms with Gasteiger partial charge in [0.05, 0.1) is 5.56 Å². The van der Waals surface area contributed by atoms with E-state index < -0.39 is 5.63 Å². The fourth-order valence-corrected chi connectivity index (χ4v) is 4.15. The van der Waals surface area contributed by atoms with Gasteiger partial charge in [-0.1, -0.05) is 42.5 Å². The molecule has 0 aliphatic heterocycles. The lowest BCUT2D eigenvalue weighted by Gasteiger charge is -2.08. The molecule has 0 atom stereocenters. The second kappa shape index (κ2) is 8.67. The second-order valence-electron chi connectivity index (χ2n) is 8.59. The molecule has 0 aliphatic carbocycles. The predicted molar refractivity (Wildman–Crippen MR) is 140 cm³/mol. The zero-order valence-corrected chi connectivity index (χ0v) is 19.3. The van der Waals surface area contributed by atoms with Crippen LogP contribution in [0.1, 0.15) is 15.9 Å². The van der Waals surface area contributed by atoms with Crippen molar-refractivity contribution in [3.8, 4) is 22.6 Å². The fourth-order valence-electron chi connectivity index (χ4n) is 4.15. The van der Waals surface area contributed by atoms with Gasteiger partial charge in [0.15, 0.2) is 5.58 Å². The molecule has 6 heteroatoms. The van der Waals surface area contributed by atoms with Crippen LogP contribution < -0.4 is 10.9 Å². The summed E-state index contributed by atoms with van der Waals surface area (Å²) in [5, 5.41) is 3.75. The minimum Gasteiger partial charge on any atom is -0.436 e. The topological polar surface area (TPSA) is 85.3 Å². The van der Waals surface area contributed by atoms with Crippen molar-refractivity contribution in [3.05, 3.63) is 119 Å². The number of hydrogen-bond acceptors (Lipinski definition) is 5. The van der Waals surface area contributed by atoms with E-state index in [0.29, 0.717) is 33.9 Å². The van der Waals surface area contributed by atoms with Gasteiger partial charge in [-0.2, -0.15) is 0 Å². The van der Waals surface area contributed by atoms with Crippen LogP contribution in [0.4, 0.5) is 5.69 Å². The van der Waals surface area contributed by atoms with Crippen LogP contribution in [-0.4, -0.2) is 10.9 Å². The van der Waals surface area contributed by atoms with Crippen LogP contribution in [-0.2, 0) is 0 Å². The van der Waals surface area contributed by atoms with Crippen molar-refractivity contribution in [3.63, 3.8) is 0 Å². The molecule has 174 valence electrons. The largest absolute Gasteiger partial charge is 0.436 e. The van der Waals surface area contributed by atoms with Gasteiger partial charge in [-0.25, -0.2) is 9.78 Å². The highest BCUT2D eigenvalue weighted by Crippen LogP contribution is 2.27. The molecule has 6 nitrogen and oxygen atoms in total. The molecule has 2 aromatic heterocycles. The quantitative estimate of drug-likeness (QED) is 0.284. The number of para-hydroxylation sites is 1.